The number of hydrogen-bond acceptors (Lipinski definition) is 6. The number of nitrogens with zero attached hydrogens (tertiary/aromatic N) is 3. The highest BCUT2D eigenvalue weighted by atomic mass is 16.6. The zero-order valence-electron chi connectivity index (χ0n) is 14.1. The van der Waals surface area contributed by atoms with E-state index in [0.29, 0.717) is 23.5 Å². The fraction of sp³-hybridized carbons (Fsp3) is 0.312. The molecule has 9 heteroatoms. The highest BCUT2D eigenvalue weighted by Crippen LogP contribution is 2.22. The second-order valence-electron chi connectivity index (χ2n) is 5.38. The zero-order chi connectivity index (χ0) is 18.6. The molecule has 0 saturated carbocycles. The van der Waals surface area contributed by atoms with Gasteiger partial charge in [-0.1, -0.05) is 12.1 Å². The molecule has 0 atom stereocenters. The number of ether oxygens (including phenoxy) is 1. The number of carbonyl (C=O) groups excluding carboxylic acids is 2. The summed E-state index contributed by atoms with van der Waals surface area (Å²) in [6, 6.07) is 6.56. The Morgan fingerprint density at radius 2 is 1.92 bits per heavy atom. The molecule has 0 unspecified atom stereocenters. The first-order chi connectivity index (χ1) is 11.8. The van der Waals surface area contributed by atoms with E-state index >= 15 is 0 Å². The molecule has 1 aromatic heterocycles. The first kappa shape index (κ1) is 18.1. The summed E-state index contributed by atoms with van der Waals surface area (Å²) in [5, 5.41) is 17.6. The number of aromatic nitrogens is 2. The van der Waals surface area contributed by atoms with E-state index in [4.69, 9.17) is 4.74 Å². The van der Waals surface area contributed by atoms with Crippen LogP contribution < -0.4 is 5.32 Å². The van der Waals surface area contributed by atoms with Gasteiger partial charge in [-0.05, 0) is 31.5 Å². The lowest BCUT2D eigenvalue weighted by Gasteiger charge is -2.06. The minimum atomic E-state index is -0.600. The van der Waals surface area contributed by atoms with Gasteiger partial charge in [0, 0.05) is 7.05 Å². The average molecular weight is 346 g/mol. The van der Waals surface area contributed by atoms with E-state index in [1.54, 1.807) is 42.8 Å². The minimum Gasteiger partial charge on any atom is -0.452 e. The summed E-state index contributed by atoms with van der Waals surface area (Å²) < 4.78 is 6.41. The Kier molecular flexibility index (Phi) is 5.48. The minimum absolute atomic E-state index is 0.00870. The maximum absolute atomic E-state index is 11.8. The molecule has 2 rings (SSSR count). The molecule has 132 valence electrons. The Morgan fingerprint density at radius 1 is 1.28 bits per heavy atom. The second-order valence-corrected chi connectivity index (χ2v) is 5.38. The van der Waals surface area contributed by atoms with Crippen LogP contribution >= 0.6 is 0 Å². The molecule has 0 radical (unpaired) electrons. The van der Waals surface area contributed by atoms with Crippen LogP contribution in [-0.4, -0.2) is 40.2 Å². The van der Waals surface area contributed by atoms with Gasteiger partial charge in [0.1, 0.15) is 11.4 Å². The molecule has 9 nitrogen and oxygen atoms in total. The largest absolute Gasteiger partial charge is 0.452 e. The van der Waals surface area contributed by atoms with Gasteiger partial charge >= 0.3 is 11.7 Å². The average Bonchev–Trinajstić information content (AvgIpc) is 2.86. The van der Waals surface area contributed by atoms with E-state index in [-0.39, 0.29) is 12.3 Å². The fourth-order valence-electron chi connectivity index (χ4n) is 2.31. The Hall–Kier alpha value is -3.23. The molecule has 0 fully saturated rings. The summed E-state index contributed by atoms with van der Waals surface area (Å²) in [5.74, 6) is -0.993. The SMILES string of the molecule is CNC(=O)COC(=O)c1ccc(Cn2nc(C)c([N+](=O)[O-])c2C)cc1. The third-order valence-corrected chi connectivity index (χ3v) is 3.66. The van der Waals surface area contributed by atoms with Crippen LogP contribution in [-0.2, 0) is 16.1 Å². The summed E-state index contributed by atoms with van der Waals surface area (Å²) in [4.78, 5) is 33.5. The van der Waals surface area contributed by atoms with E-state index < -0.39 is 16.8 Å². The lowest BCUT2D eigenvalue weighted by Crippen LogP contribution is -2.25. The van der Waals surface area contributed by atoms with Crippen LogP contribution in [0.15, 0.2) is 24.3 Å². The number of hydrogen-bond donors (Lipinski definition) is 1. The molecule has 0 spiro atoms. The Morgan fingerprint density at radius 3 is 2.44 bits per heavy atom. The highest BCUT2D eigenvalue weighted by Gasteiger charge is 2.21. The van der Waals surface area contributed by atoms with Crippen molar-refractivity contribution in [3.8, 4) is 0 Å². The van der Waals surface area contributed by atoms with Crippen LogP contribution in [0.4, 0.5) is 5.69 Å². The van der Waals surface area contributed by atoms with Crippen molar-refractivity contribution in [2.75, 3.05) is 13.7 Å². The number of likely N-dealkylation sites (N-methyl/N-ethyl adjacent to an activating group) is 1. The van der Waals surface area contributed by atoms with Crippen LogP contribution in [0.2, 0.25) is 0 Å². The number of benzene rings is 1. The first-order valence-electron chi connectivity index (χ1n) is 7.48. The number of nitrogens with one attached hydrogen (secondary N) is 1. The second kappa shape index (κ2) is 7.56. The number of nitro groups is 1. The summed E-state index contributed by atoms with van der Waals surface area (Å²) >= 11 is 0. The molecule has 0 aliphatic carbocycles. The van der Waals surface area contributed by atoms with Crippen molar-refractivity contribution < 1.29 is 19.2 Å². The van der Waals surface area contributed by atoms with Gasteiger partial charge in [-0.15, -0.1) is 0 Å². The number of amides is 1. The highest BCUT2D eigenvalue weighted by molar-refractivity contribution is 5.91. The van der Waals surface area contributed by atoms with Crippen molar-refractivity contribution in [1.82, 2.24) is 15.1 Å². The van der Waals surface area contributed by atoms with Gasteiger partial charge in [0.25, 0.3) is 5.91 Å². The molecule has 1 aromatic carbocycles. The Labute approximate surface area is 143 Å². The molecule has 1 heterocycles. The van der Waals surface area contributed by atoms with Crippen molar-refractivity contribution in [2.24, 2.45) is 0 Å². The van der Waals surface area contributed by atoms with E-state index in [1.165, 1.54) is 7.05 Å². The summed E-state index contributed by atoms with van der Waals surface area (Å²) in [6.45, 7) is 3.23. The Bertz CT molecular complexity index is 811. The molecule has 0 aliphatic heterocycles. The summed E-state index contributed by atoms with van der Waals surface area (Å²) in [7, 11) is 1.45. The lowest BCUT2D eigenvalue weighted by atomic mass is 10.1. The van der Waals surface area contributed by atoms with E-state index in [1.807, 2.05) is 0 Å². The van der Waals surface area contributed by atoms with E-state index in [2.05, 4.69) is 10.4 Å². The van der Waals surface area contributed by atoms with Crippen LogP contribution in [0.1, 0.15) is 27.3 Å². The topological polar surface area (TPSA) is 116 Å². The number of carbonyl (C=O) groups is 2. The number of rotatable bonds is 6. The monoisotopic (exact) mass is 346 g/mol. The van der Waals surface area contributed by atoms with Crippen molar-refractivity contribution in [1.29, 1.82) is 0 Å². The van der Waals surface area contributed by atoms with Gasteiger partial charge in [0.15, 0.2) is 6.61 Å². The maximum atomic E-state index is 11.8. The van der Waals surface area contributed by atoms with E-state index in [9.17, 15) is 19.7 Å². The maximum Gasteiger partial charge on any atom is 0.338 e. The van der Waals surface area contributed by atoms with Crippen LogP contribution in [0.25, 0.3) is 0 Å². The van der Waals surface area contributed by atoms with E-state index in [0.717, 1.165) is 5.56 Å². The summed E-state index contributed by atoms with van der Waals surface area (Å²) in [6.07, 6.45) is 0. The molecule has 1 amide bonds. The predicted molar refractivity (Wildman–Crippen MR) is 88.2 cm³/mol. The van der Waals surface area contributed by atoms with Gasteiger partial charge in [-0.3, -0.25) is 19.6 Å². The molecular formula is C16H18N4O5. The molecule has 0 aliphatic rings. The van der Waals surface area contributed by atoms with Gasteiger partial charge < -0.3 is 10.1 Å². The molecule has 0 bridgehead atoms. The predicted octanol–water partition coefficient (Wildman–Crippen LogP) is 1.36. The first-order valence-corrected chi connectivity index (χ1v) is 7.48. The smallest absolute Gasteiger partial charge is 0.338 e. The van der Waals surface area contributed by atoms with Crippen LogP contribution in [0.3, 0.4) is 0 Å². The molecule has 1 N–H and O–H groups in total. The molecule has 2 aromatic rings. The van der Waals surface area contributed by atoms with Crippen LogP contribution in [0, 0.1) is 24.0 Å². The fourth-order valence-corrected chi connectivity index (χ4v) is 2.31. The lowest BCUT2D eigenvalue weighted by molar-refractivity contribution is -0.386. The van der Waals surface area contributed by atoms with Gasteiger partial charge in [-0.25, -0.2) is 4.79 Å². The van der Waals surface area contributed by atoms with Crippen molar-refractivity contribution >= 4 is 17.6 Å². The third-order valence-electron chi connectivity index (χ3n) is 3.66. The standard InChI is InChI=1S/C16H18N4O5/c1-10-15(20(23)24)11(2)19(18-10)8-12-4-6-13(7-5-12)16(22)25-9-14(21)17-3/h4-7H,8-9H2,1-3H3,(H,17,21). The molecule has 25 heavy (non-hydrogen) atoms. The van der Waals surface area contributed by atoms with Crippen molar-refractivity contribution in [2.45, 2.75) is 20.4 Å². The third kappa shape index (κ3) is 4.19. The van der Waals surface area contributed by atoms with Crippen molar-refractivity contribution in [3.05, 3.63) is 56.9 Å². The van der Waals surface area contributed by atoms with Gasteiger partial charge in [-0.2, -0.15) is 5.10 Å². The quantitative estimate of drug-likeness (QED) is 0.479. The summed E-state index contributed by atoms with van der Waals surface area (Å²) in [5.41, 5.74) is 1.97. The Balaban J connectivity index is 2.08. The van der Waals surface area contributed by atoms with Gasteiger partial charge in [0.05, 0.1) is 17.0 Å². The number of esters is 1. The normalized spacial score (nSPS) is 10.4. The van der Waals surface area contributed by atoms with Gasteiger partial charge in [0.2, 0.25) is 0 Å². The number of aryl methyl sites for hydroxylation is 1. The van der Waals surface area contributed by atoms with Crippen LogP contribution in [0.5, 0.6) is 0 Å². The molecular weight excluding hydrogens is 328 g/mol. The zero-order valence-corrected chi connectivity index (χ0v) is 14.1. The molecule has 0 saturated heterocycles. The van der Waals surface area contributed by atoms with Crippen molar-refractivity contribution in [3.63, 3.8) is 0 Å².